The van der Waals surface area contributed by atoms with Crippen LogP contribution in [0.4, 0.5) is 0 Å². The molecule has 1 saturated heterocycles. The largest absolute Gasteiger partial charge is 0.497 e. The number of carbonyl (C=O) groups is 1. The van der Waals surface area contributed by atoms with E-state index in [1.165, 1.54) is 10.7 Å². The Kier molecular flexibility index (Phi) is 9.20. The van der Waals surface area contributed by atoms with Crippen LogP contribution in [0.3, 0.4) is 0 Å². The number of nitrogens with one attached hydrogen (secondary N) is 1. The van der Waals surface area contributed by atoms with Crippen molar-refractivity contribution in [1.29, 1.82) is 0 Å². The predicted octanol–water partition coefficient (Wildman–Crippen LogP) is 2.12. The van der Waals surface area contributed by atoms with Crippen molar-refractivity contribution in [3.63, 3.8) is 0 Å². The van der Waals surface area contributed by atoms with Crippen LogP contribution in [0, 0.1) is 5.92 Å². The van der Waals surface area contributed by atoms with Crippen LogP contribution in [-0.4, -0.2) is 69.9 Å². The summed E-state index contributed by atoms with van der Waals surface area (Å²) in [5.41, 5.74) is 0. The van der Waals surface area contributed by atoms with Crippen LogP contribution in [0.5, 0.6) is 5.75 Å². The van der Waals surface area contributed by atoms with Gasteiger partial charge in [-0.2, -0.15) is 4.31 Å². The Balaban J connectivity index is 0.00000300. The molecule has 0 bridgehead atoms. The highest BCUT2D eigenvalue weighted by Crippen LogP contribution is 2.23. The Morgan fingerprint density at radius 2 is 1.69 bits per heavy atom. The summed E-state index contributed by atoms with van der Waals surface area (Å²) in [7, 11) is -1.92. The molecule has 1 aliphatic heterocycles. The Labute approximate surface area is 180 Å². The zero-order valence-corrected chi connectivity index (χ0v) is 18.6. The molecule has 1 N–H and O–H groups in total. The third kappa shape index (κ3) is 6.31. The summed E-state index contributed by atoms with van der Waals surface area (Å²) in [5.74, 6) is 1.000. The van der Waals surface area contributed by atoms with E-state index in [1.54, 1.807) is 31.4 Å². The summed E-state index contributed by atoms with van der Waals surface area (Å²) >= 11 is 0. The summed E-state index contributed by atoms with van der Waals surface area (Å²) in [5, 5.41) is 3.05. The highest BCUT2D eigenvalue weighted by atomic mass is 35.5. The molecular formula is C20H32ClN3O4S. The molecule has 0 atom stereocenters. The molecule has 0 spiro atoms. The van der Waals surface area contributed by atoms with Gasteiger partial charge in [-0.3, -0.25) is 9.69 Å². The van der Waals surface area contributed by atoms with Gasteiger partial charge < -0.3 is 10.1 Å². The fraction of sp³-hybridized carbons (Fsp3) is 0.650. The molecule has 0 radical (unpaired) electrons. The summed E-state index contributed by atoms with van der Waals surface area (Å²) < 4.78 is 32.2. The van der Waals surface area contributed by atoms with Gasteiger partial charge in [-0.1, -0.05) is 19.3 Å². The zero-order chi connectivity index (χ0) is 20.0. The van der Waals surface area contributed by atoms with Gasteiger partial charge in [0.1, 0.15) is 5.75 Å². The Bertz CT molecular complexity index is 743. The van der Waals surface area contributed by atoms with Crippen LogP contribution >= 0.6 is 12.4 Å². The number of halogens is 1. The van der Waals surface area contributed by atoms with Gasteiger partial charge in [0, 0.05) is 45.2 Å². The van der Waals surface area contributed by atoms with Crippen molar-refractivity contribution in [1.82, 2.24) is 14.5 Å². The van der Waals surface area contributed by atoms with Gasteiger partial charge >= 0.3 is 0 Å². The van der Waals surface area contributed by atoms with E-state index in [-0.39, 0.29) is 24.2 Å². The number of amides is 1. The molecule has 1 heterocycles. The standard InChI is InChI=1S/C20H31N3O4S.ClH/c1-27-18-7-9-19(10-8-18)28(25,26)23-15-13-22(14-16-23)12-11-21-20(24)17-5-3-2-4-6-17;/h7-10,17H,2-6,11-16H2,1H3,(H,21,24);1H. The number of methoxy groups -OCH3 is 1. The number of benzene rings is 1. The molecule has 1 amide bonds. The number of piperazine rings is 1. The predicted molar refractivity (Wildman–Crippen MR) is 115 cm³/mol. The molecule has 2 fully saturated rings. The molecule has 3 rings (SSSR count). The first-order valence-corrected chi connectivity index (χ1v) is 11.6. The fourth-order valence-corrected chi connectivity index (χ4v) is 5.36. The minimum atomic E-state index is -3.48. The summed E-state index contributed by atoms with van der Waals surface area (Å²) in [4.78, 5) is 14.7. The first kappa shape index (κ1) is 23.9. The van der Waals surface area contributed by atoms with Gasteiger partial charge in [0.25, 0.3) is 0 Å². The normalized spacial score (nSPS) is 19.3. The summed E-state index contributed by atoms with van der Waals surface area (Å²) in [6, 6.07) is 6.50. The van der Waals surface area contributed by atoms with Gasteiger partial charge in [0.2, 0.25) is 15.9 Å². The van der Waals surface area contributed by atoms with E-state index in [9.17, 15) is 13.2 Å². The van der Waals surface area contributed by atoms with Gasteiger partial charge in [-0.15, -0.1) is 12.4 Å². The lowest BCUT2D eigenvalue weighted by atomic mass is 9.89. The quantitative estimate of drug-likeness (QED) is 0.695. The Hall–Kier alpha value is -1.35. The average Bonchev–Trinajstić information content (AvgIpc) is 2.74. The molecule has 1 aromatic rings. The fourth-order valence-electron chi connectivity index (χ4n) is 3.94. The second-order valence-electron chi connectivity index (χ2n) is 7.55. The Morgan fingerprint density at radius 1 is 1.07 bits per heavy atom. The molecule has 0 aromatic heterocycles. The SMILES string of the molecule is COc1ccc(S(=O)(=O)N2CCN(CCNC(=O)C3CCCCC3)CC2)cc1.Cl. The van der Waals surface area contributed by atoms with Crippen molar-refractivity contribution in [3.8, 4) is 5.75 Å². The number of nitrogens with zero attached hydrogens (tertiary/aromatic N) is 2. The lowest BCUT2D eigenvalue weighted by Crippen LogP contribution is -2.50. The van der Waals surface area contributed by atoms with E-state index >= 15 is 0 Å². The molecule has 9 heteroatoms. The maximum atomic E-state index is 12.8. The van der Waals surface area contributed by atoms with Crippen molar-refractivity contribution >= 4 is 28.3 Å². The number of rotatable bonds is 7. The molecule has 1 saturated carbocycles. The summed E-state index contributed by atoms with van der Waals surface area (Å²) in [6.45, 7) is 3.66. The number of ether oxygens (including phenoxy) is 1. The third-order valence-electron chi connectivity index (χ3n) is 5.73. The third-order valence-corrected chi connectivity index (χ3v) is 7.64. The first-order chi connectivity index (χ1) is 13.5. The van der Waals surface area contributed by atoms with Crippen LogP contribution in [0.15, 0.2) is 29.2 Å². The lowest BCUT2D eigenvalue weighted by Gasteiger charge is -2.34. The molecule has 1 aromatic carbocycles. The maximum Gasteiger partial charge on any atom is 0.243 e. The minimum absolute atomic E-state index is 0. The van der Waals surface area contributed by atoms with Gasteiger partial charge in [-0.25, -0.2) is 8.42 Å². The minimum Gasteiger partial charge on any atom is -0.497 e. The molecule has 164 valence electrons. The van der Waals surface area contributed by atoms with Gasteiger partial charge in [0.05, 0.1) is 12.0 Å². The van der Waals surface area contributed by atoms with Gasteiger partial charge in [-0.05, 0) is 37.1 Å². The van der Waals surface area contributed by atoms with E-state index in [0.29, 0.717) is 43.4 Å². The monoisotopic (exact) mass is 445 g/mol. The van der Waals surface area contributed by atoms with Crippen molar-refractivity contribution in [3.05, 3.63) is 24.3 Å². The van der Waals surface area contributed by atoms with Crippen molar-refractivity contribution < 1.29 is 17.9 Å². The summed E-state index contributed by atoms with van der Waals surface area (Å²) in [6.07, 6.45) is 5.57. The van der Waals surface area contributed by atoms with Crippen LogP contribution in [0.25, 0.3) is 0 Å². The topological polar surface area (TPSA) is 79.0 Å². The number of sulfonamides is 1. The number of carbonyl (C=O) groups excluding carboxylic acids is 1. The molecule has 1 aliphatic carbocycles. The second kappa shape index (κ2) is 11.2. The molecule has 0 unspecified atom stereocenters. The molecular weight excluding hydrogens is 414 g/mol. The number of hydrogen-bond acceptors (Lipinski definition) is 5. The first-order valence-electron chi connectivity index (χ1n) is 10.1. The van der Waals surface area contributed by atoms with E-state index in [1.807, 2.05) is 0 Å². The highest BCUT2D eigenvalue weighted by molar-refractivity contribution is 7.89. The lowest BCUT2D eigenvalue weighted by molar-refractivity contribution is -0.125. The van der Waals surface area contributed by atoms with Crippen LogP contribution in [0.2, 0.25) is 0 Å². The van der Waals surface area contributed by atoms with E-state index < -0.39 is 10.0 Å². The smallest absolute Gasteiger partial charge is 0.243 e. The van der Waals surface area contributed by atoms with E-state index in [0.717, 1.165) is 32.2 Å². The highest BCUT2D eigenvalue weighted by Gasteiger charge is 2.28. The van der Waals surface area contributed by atoms with Crippen LogP contribution in [-0.2, 0) is 14.8 Å². The molecule has 2 aliphatic rings. The van der Waals surface area contributed by atoms with Crippen molar-refractivity contribution in [2.75, 3.05) is 46.4 Å². The molecule has 29 heavy (non-hydrogen) atoms. The molecule has 7 nitrogen and oxygen atoms in total. The Morgan fingerprint density at radius 3 is 2.28 bits per heavy atom. The van der Waals surface area contributed by atoms with Crippen molar-refractivity contribution in [2.24, 2.45) is 5.92 Å². The maximum absolute atomic E-state index is 12.8. The van der Waals surface area contributed by atoms with Gasteiger partial charge in [0.15, 0.2) is 0 Å². The average molecular weight is 446 g/mol. The van der Waals surface area contributed by atoms with Crippen LogP contribution in [0.1, 0.15) is 32.1 Å². The van der Waals surface area contributed by atoms with Crippen LogP contribution < -0.4 is 10.1 Å². The van der Waals surface area contributed by atoms with Crippen molar-refractivity contribution in [2.45, 2.75) is 37.0 Å². The number of hydrogen-bond donors (Lipinski definition) is 1. The second-order valence-corrected chi connectivity index (χ2v) is 9.49. The van der Waals surface area contributed by atoms with E-state index in [4.69, 9.17) is 4.74 Å². The zero-order valence-electron chi connectivity index (χ0n) is 17.0. The van der Waals surface area contributed by atoms with E-state index in [2.05, 4.69) is 10.2 Å².